The summed E-state index contributed by atoms with van der Waals surface area (Å²) in [6, 6.07) is 9.58. The molecule has 0 aromatic heterocycles. The average Bonchev–Trinajstić information content (AvgIpc) is 2.58. The van der Waals surface area contributed by atoms with Gasteiger partial charge in [0.05, 0.1) is 23.0 Å². The fourth-order valence-electron chi connectivity index (χ4n) is 2.18. The number of amidine groups is 1. The molecule has 0 spiro atoms. The second kappa shape index (κ2) is 5.47. The van der Waals surface area contributed by atoms with Crippen LogP contribution in [-0.4, -0.2) is 18.1 Å². The van der Waals surface area contributed by atoms with Crippen molar-refractivity contribution in [2.75, 3.05) is 6.54 Å². The van der Waals surface area contributed by atoms with E-state index < -0.39 is 0 Å². The third kappa shape index (κ3) is 2.64. The Balaban J connectivity index is 2.29. The molecule has 0 bridgehead atoms. The lowest BCUT2D eigenvalue weighted by Gasteiger charge is -2.11. The Morgan fingerprint density at radius 3 is 2.67 bits per heavy atom. The highest BCUT2D eigenvalue weighted by molar-refractivity contribution is 6.39. The van der Waals surface area contributed by atoms with E-state index in [1.54, 1.807) is 30.3 Å². The van der Waals surface area contributed by atoms with Crippen LogP contribution in [0.1, 0.15) is 11.1 Å². The van der Waals surface area contributed by atoms with E-state index in [9.17, 15) is 4.39 Å². The summed E-state index contributed by atoms with van der Waals surface area (Å²) in [5.74, 6) is -0.0605. The molecule has 0 atom stereocenters. The summed E-state index contributed by atoms with van der Waals surface area (Å²) in [5.41, 5.74) is 7.59. The van der Waals surface area contributed by atoms with Gasteiger partial charge in [-0.2, -0.15) is 0 Å². The number of benzene rings is 2. The van der Waals surface area contributed by atoms with E-state index >= 15 is 0 Å². The zero-order valence-electron chi connectivity index (χ0n) is 10.8. The molecule has 6 heteroatoms. The van der Waals surface area contributed by atoms with Crippen LogP contribution in [0, 0.1) is 5.82 Å². The van der Waals surface area contributed by atoms with Gasteiger partial charge >= 0.3 is 0 Å². The number of halogens is 3. The van der Waals surface area contributed by atoms with Crippen LogP contribution in [0.25, 0.3) is 0 Å². The van der Waals surface area contributed by atoms with Crippen LogP contribution in [0.4, 0.5) is 10.1 Å². The molecule has 1 aliphatic heterocycles. The van der Waals surface area contributed by atoms with E-state index in [4.69, 9.17) is 28.9 Å². The maximum atomic E-state index is 14.1. The first kappa shape index (κ1) is 14.0. The maximum absolute atomic E-state index is 14.1. The summed E-state index contributed by atoms with van der Waals surface area (Å²) >= 11 is 12.3. The first-order chi connectivity index (χ1) is 10.1. The second-order valence-electron chi connectivity index (χ2n) is 4.53. The van der Waals surface area contributed by atoms with Gasteiger partial charge in [0, 0.05) is 16.1 Å². The van der Waals surface area contributed by atoms with Gasteiger partial charge in [0.25, 0.3) is 0 Å². The monoisotopic (exact) mass is 321 g/mol. The molecule has 0 saturated heterocycles. The van der Waals surface area contributed by atoms with Crippen molar-refractivity contribution in [3.05, 3.63) is 63.4 Å². The molecule has 21 heavy (non-hydrogen) atoms. The Morgan fingerprint density at radius 1 is 1.14 bits per heavy atom. The van der Waals surface area contributed by atoms with Gasteiger partial charge in [-0.05, 0) is 24.3 Å². The number of rotatable bonds is 1. The van der Waals surface area contributed by atoms with Gasteiger partial charge in [-0.25, -0.2) is 9.38 Å². The lowest BCUT2D eigenvalue weighted by Crippen LogP contribution is -2.15. The molecule has 106 valence electrons. The number of hydrogen-bond donors (Lipinski definition) is 1. The van der Waals surface area contributed by atoms with Gasteiger partial charge in [0.15, 0.2) is 0 Å². The lowest BCUT2D eigenvalue weighted by molar-refractivity contribution is 0.625. The van der Waals surface area contributed by atoms with Crippen LogP contribution < -0.4 is 5.73 Å². The molecule has 0 unspecified atom stereocenters. The molecule has 2 aromatic carbocycles. The highest BCUT2D eigenvalue weighted by Gasteiger charge is 2.21. The number of nitrogens with two attached hydrogens (primary N) is 1. The number of aliphatic imine (C=N–C) groups is 2. The number of nitrogens with zero attached hydrogens (tertiary/aromatic N) is 2. The zero-order chi connectivity index (χ0) is 15.0. The Labute approximate surface area is 130 Å². The summed E-state index contributed by atoms with van der Waals surface area (Å²) in [5, 5.41) is 0.794. The predicted octanol–water partition coefficient (Wildman–Crippen LogP) is 3.97. The van der Waals surface area contributed by atoms with Crippen molar-refractivity contribution in [2.45, 2.75) is 0 Å². The molecule has 3 rings (SSSR count). The van der Waals surface area contributed by atoms with Gasteiger partial charge in [-0.1, -0.05) is 35.3 Å². The van der Waals surface area contributed by atoms with Crippen molar-refractivity contribution in [3.63, 3.8) is 0 Å². The molecule has 0 amide bonds. The first-order valence-electron chi connectivity index (χ1n) is 6.18. The fourth-order valence-corrected chi connectivity index (χ4v) is 2.76. The van der Waals surface area contributed by atoms with E-state index in [1.807, 2.05) is 0 Å². The van der Waals surface area contributed by atoms with Gasteiger partial charge in [0.1, 0.15) is 11.7 Å². The molecule has 0 aliphatic carbocycles. The molecule has 0 saturated carbocycles. The molecule has 0 fully saturated rings. The van der Waals surface area contributed by atoms with Crippen LogP contribution in [0.15, 0.2) is 46.4 Å². The third-order valence-corrected chi connectivity index (χ3v) is 3.58. The van der Waals surface area contributed by atoms with Crippen molar-refractivity contribution in [2.24, 2.45) is 15.7 Å². The lowest BCUT2D eigenvalue weighted by atomic mass is 10.00. The Bertz CT molecular complexity index is 784. The van der Waals surface area contributed by atoms with Crippen LogP contribution in [0.3, 0.4) is 0 Å². The summed E-state index contributed by atoms with van der Waals surface area (Å²) in [7, 11) is 0. The van der Waals surface area contributed by atoms with Crippen molar-refractivity contribution in [1.29, 1.82) is 0 Å². The molecule has 1 heterocycles. The van der Waals surface area contributed by atoms with Gasteiger partial charge < -0.3 is 5.73 Å². The Kier molecular flexibility index (Phi) is 3.66. The zero-order valence-corrected chi connectivity index (χ0v) is 12.3. The third-order valence-electron chi connectivity index (χ3n) is 3.06. The summed E-state index contributed by atoms with van der Waals surface area (Å²) in [4.78, 5) is 8.62. The fraction of sp³-hybridized carbons (Fsp3) is 0.0667. The van der Waals surface area contributed by atoms with Crippen LogP contribution >= 0.6 is 23.2 Å². The largest absolute Gasteiger partial charge is 0.386 e. The Morgan fingerprint density at radius 2 is 1.90 bits per heavy atom. The van der Waals surface area contributed by atoms with Gasteiger partial charge in [0.2, 0.25) is 0 Å². The number of fused-ring (bicyclic) bond motifs is 1. The molecular weight excluding hydrogens is 312 g/mol. The van der Waals surface area contributed by atoms with Gasteiger partial charge in [-0.3, -0.25) is 4.99 Å². The molecule has 2 N–H and O–H groups in total. The van der Waals surface area contributed by atoms with Crippen LogP contribution in [0.5, 0.6) is 0 Å². The molecule has 3 nitrogen and oxygen atoms in total. The smallest absolute Gasteiger partial charge is 0.132 e. The minimum atomic E-state index is -0.381. The highest BCUT2D eigenvalue weighted by Crippen LogP contribution is 2.34. The minimum absolute atomic E-state index is 0.173. The van der Waals surface area contributed by atoms with Crippen molar-refractivity contribution < 1.29 is 4.39 Å². The van der Waals surface area contributed by atoms with Crippen LogP contribution in [-0.2, 0) is 0 Å². The summed E-state index contributed by atoms with van der Waals surface area (Å²) in [6.45, 7) is 0.173. The molecule has 1 aliphatic rings. The first-order valence-corrected chi connectivity index (χ1v) is 6.93. The van der Waals surface area contributed by atoms with E-state index in [2.05, 4.69) is 9.98 Å². The molecule has 0 radical (unpaired) electrons. The quantitative estimate of drug-likeness (QED) is 0.848. The Hall–Kier alpha value is -1.91. The number of hydrogen-bond acceptors (Lipinski definition) is 3. The summed E-state index contributed by atoms with van der Waals surface area (Å²) < 4.78 is 14.1. The van der Waals surface area contributed by atoms with E-state index in [0.29, 0.717) is 38.4 Å². The van der Waals surface area contributed by atoms with Crippen LogP contribution in [0.2, 0.25) is 10.0 Å². The molecular formula is C15H10Cl2FN3. The van der Waals surface area contributed by atoms with E-state index in [-0.39, 0.29) is 12.4 Å². The highest BCUT2D eigenvalue weighted by atomic mass is 35.5. The minimum Gasteiger partial charge on any atom is -0.386 e. The summed E-state index contributed by atoms with van der Waals surface area (Å²) in [6.07, 6.45) is 0. The topological polar surface area (TPSA) is 50.7 Å². The molecule has 2 aromatic rings. The van der Waals surface area contributed by atoms with Crippen molar-refractivity contribution >= 4 is 40.4 Å². The second-order valence-corrected chi connectivity index (χ2v) is 5.37. The van der Waals surface area contributed by atoms with E-state index in [1.165, 1.54) is 6.07 Å². The maximum Gasteiger partial charge on any atom is 0.132 e. The van der Waals surface area contributed by atoms with Crippen molar-refractivity contribution in [1.82, 2.24) is 0 Å². The van der Waals surface area contributed by atoms with E-state index in [0.717, 1.165) is 0 Å². The van der Waals surface area contributed by atoms with Gasteiger partial charge in [-0.15, -0.1) is 0 Å². The normalized spacial score (nSPS) is 14.0. The van der Waals surface area contributed by atoms with Crippen molar-refractivity contribution in [3.8, 4) is 0 Å². The average molecular weight is 322 g/mol. The predicted molar refractivity (Wildman–Crippen MR) is 84.7 cm³/mol. The standard InChI is InChI=1S/C15H10Cl2FN3/c16-8-5-10(17)14-12(6-8)21-13(19)7-20-15(14)9-3-1-2-4-11(9)18/h1-6H,7H2,(H2,19,21). The SMILES string of the molecule is NC1=Nc2cc(Cl)cc(Cl)c2C(c2ccccc2F)=NC1.